The summed E-state index contributed by atoms with van der Waals surface area (Å²) in [6.07, 6.45) is 0. The van der Waals surface area contributed by atoms with Crippen molar-refractivity contribution in [2.24, 2.45) is 0 Å². The lowest BCUT2D eigenvalue weighted by molar-refractivity contribution is -0.148. The smallest absolute Gasteiger partial charge is 0.326 e. The Morgan fingerprint density at radius 2 is 1.86 bits per heavy atom. The van der Waals surface area contributed by atoms with Crippen LogP contribution < -0.4 is 4.72 Å². The van der Waals surface area contributed by atoms with Gasteiger partial charge in [0.25, 0.3) is 0 Å². The van der Waals surface area contributed by atoms with E-state index in [0.717, 1.165) is 10.6 Å². The zero-order chi connectivity index (χ0) is 20.9. The first kappa shape index (κ1) is 21.6. The van der Waals surface area contributed by atoms with Gasteiger partial charge in [-0.2, -0.15) is 4.72 Å². The minimum atomic E-state index is -3.99. The lowest BCUT2D eigenvalue weighted by Crippen LogP contribution is -2.44. The zero-order valence-electron chi connectivity index (χ0n) is 15.0. The zero-order valence-corrected chi connectivity index (χ0v) is 18.2. The number of esters is 1. The van der Waals surface area contributed by atoms with Crippen LogP contribution in [0.1, 0.15) is 5.69 Å². The topological polar surface area (TPSA) is 106 Å². The fourth-order valence-electron chi connectivity index (χ4n) is 2.36. The van der Waals surface area contributed by atoms with E-state index in [1.807, 2.05) is 30.3 Å². The van der Waals surface area contributed by atoms with Gasteiger partial charge in [0.05, 0.1) is 17.2 Å². The minimum Gasteiger partial charge on any atom is -0.458 e. The van der Waals surface area contributed by atoms with E-state index in [0.29, 0.717) is 10.2 Å². The van der Waals surface area contributed by atoms with Gasteiger partial charge >= 0.3 is 5.97 Å². The summed E-state index contributed by atoms with van der Waals surface area (Å²) in [6.45, 7) is -0.862. The number of aromatic nitrogens is 1. The summed E-state index contributed by atoms with van der Waals surface area (Å²) in [4.78, 5) is 16.6. The Kier molecular flexibility index (Phi) is 7.14. The number of sulfonamides is 1. The number of benzene rings is 2. The molecule has 0 fully saturated rings. The van der Waals surface area contributed by atoms with Gasteiger partial charge in [0, 0.05) is 15.4 Å². The maximum Gasteiger partial charge on any atom is 0.326 e. The Balaban J connectivity index is 1.61. The number of carbonyl (C=O) groups excluding carboxylic acids is 1. The van der Waals surface area contributed by atoms with Gasteiger partial charge in [-0.05, 0) is 24.3 Å². The normalized spacial score (nSPS) is 12.5. The summed E-state index contributed by atoms with van der Waals surface area (Å²) in [6, 6.07) is 14.0. The van der Waals surface area contributed by atoms with Crippen LogP contribution in [0.25, 0.3) is 10.6 Å². The molecular weight excluding hydrogens is 480 g/mol. The van der Waals surface area contributed by atoms with Crippen molar-refractivity contribution in [2.75, 3.05) is 6.61 Å². The quantitative estimate of drug-likeness (QED) is 0.464. The highest BCUT2D eigenvalue weighted by Gasteiger charge is 2.26. The molecule has 0 bridgehead atoms. The van der Waals surface area contributed by atoms with E-state index in [1.165, 1.54) is 23.5 Å². The van der Waals surface area contributed by atoms with Crippen molar-refractivity contribution in [1.82, 2.24) is 9.71 Å². The predicted octanol–water partition coefficient (Wildman–Crippen LogP) is 2.96. The molecule has 0 saturated heterocycles. The number of carbonyl (C=O) groups is 1. The number of nitrogens with zero attached hydrogens (tertiary/aromatic N) is 1. The third-order valence-electron chi connectivity index (χ3n) is 3.82. The van der Waals surface area contributed by atoms with E-state index in [1.54, 1.807) is 17.5 Å². The van der Waals surface area contributed by atoms with Gasteiger partial charge in [-0.1, -0.05) is 46.3 Å². The second-order valence-electron chi connectivity index (χ2n) is 5.93. The molecule has 10 heteroatoms. The third-order valence-corrected chi connectivity index (χ3v) is 6.78. The van der Waals surface area contributed by atoms with E-state index >= 15 is 0 Å². The number of hydrogen-bond acceptors (Lipinski definition) is 7. The van der Waals surface area contributed by atoms with E-state index in [2.05, 4.69) is 25.6 Å². The Morgan fingerprint density at radius 1 is 1.17 bits per heavy atom. The van der Waals surface area contributed by atoms with E-state index in [9.17, 15) is 18.3 Å². The first-order valence-electron chi connectivity index (χ1n) is 8.44. The molecule has 0 aliphatic rings. The number of thiazole rings is 1. The third kappa shape index (κ3) is 5.71. The van der Waals surface area contributed by atoms with Crippen LogP contribution >= 0.6 is 27.3 Å². The summed E-state index contributed by atoms with van der Waals surface area (Å²) >= 11 is 4.63. The summed E-state index contributed by atoms with van der Waals surface area (Å²) in [7, 11) is -3.99. The molecule has 2 aromatic carbocycles. The molecule has 0 radical (unpaired) electrons. The highest BCUT2D eigenvalue weighted by Crippen LogP contribution is 2.23. The monoisotopic (exact) mass is 496 g/mol. The van der Waals surface area contributed by atoms with Gasteiger partial charge in [-0.3, -0.25) is 4.79 Å². The predicted molar refractivity (Wildman–Crippen MR) is 113 cm³/mol. The molecule has 0 spiro atoms. The van der Waals surface area contributed by atoms with Crippen LogP contribution in [0.5, 0.6) is 0 Å². The largest absolute Gasteiger partial charge is 0.458 e. The number of ether oxygens (including phenoxy) is 1. The number of halogens is 1. The van der Waals surface area contributed by atoms with Crippen LogP contribution in [0.4, 0.5) is 0 Å². The van der Waals surface area contributed by atoms with Gasteiger partial charge in [0.15, 0.2) is 0 Å². The molecule has 152 valence electrons. The first-order valence-corrected chi connectivity index (χ1v) is 11.6. The van der Waals surface area contributed by atoms with Crippen molar-refractivity contribution in [3.8, 4) is 10.6 Å². The van der Waals surface area contributed by atoms with E-state index in [4.69, 9.17) is 4.74 Å². The van der Waals surface area contributed by atoms with Crippen molar-refractivity contribution in [3.63, 3.8) is 0 Å². The van der Waals surface area contributed by atoms with Crippen molar-refractivity contribution < 1.29 is 23.1 Å². The molecule has 1 heterocycles. The van der Waals surface area contributed by atoms with Gasteiger partial charge in [-0.15, -0.1) is 11.3 Å². The Hall–Kier alpha value is -2.11. The summed E-state index contributed by atoms with van der Waals surface area (Å²) in [5, 5.41) is 12.0. The SMILES string of the molecule is O=C(OCc1csc(-c2ccccc2)n1)[C@H](CO)NS(=O)(=O)c1ccc(Br)cc1. The van der Waals surface area contributed by atoms with Gasteiger partial charge < -0.3 is 9.84 Å². The van der Waals surface area contributed by atoms with Crippen molar-refractivity contribution in [2.45, 2.75) is 17.5 Å². The van der Waals surface area contributed by atoms with Gasteiger partial charge in [0.2, 0.25) is 10.0 Å². The van der Waals surface area contributed by atoms with Crippen LogP contribution in [-0.2, 0) is 26.2 Å². The van der Waals surface area contributed by atoms with E-state index in [-0.39, 0.29) is 11.5 Å². The highest BCUT2D eigenvalue weighted by atomic mass is 79.9. The Morgan fingerprint density at radius 3 is 2.52 bits per heavy atom. The maximum atomic E-state index is 12.4. The molecule has 2 N–H and O–H groups in total. The molecular formula is C19H17BrN2O5S2. The standard InChI is InChI=1S/C19H17BrN2O5S2/c20-14-6-8-16(9-7-14)29(25,26)22-17(10-23)19(24)27-11-15-12-28-18(21-15)13-4-2-1-3-5-13/h1-9,12,17,22-23H,10-11H2/t17-/m0/s1. The maximum absolute atomic E-state index is 12.4. The number of aliphatic hydroxyl groups is 1. The molecule has 3 aromatic rings. The van der Waals surface area contributed by atoms with Crippen LogP contribution in [0, 0.1) is 0 Å². The van der Waals surface area contributed by atoms with Crippen molar-refractivity contribution in [3.05, 3.63) is 70.1 Å². The molecule has 1 atom stereocenters. The summed E-state index contributed by atoms with van der Waals surface area (Å²) < 4.78 is 32.8. The average Bonchev–Trinajstić information content (AvgIpc) is 3.20. The van der Waals surface area contributed by atoms with Crippen LogP contribution in [0.15, 0.2) is 69.3 Å². The highest BCUT2D eigenvalue weighted by molar-refractivity contribution is 9.10. The van der Waals surface area contributed by atoms with Crippen LogP contribution in [-0.4, -0.2) is 37.1 Å². The van der Waals surface area contributed by atoms with Crippen molar-refractivity contribution >= 4 is 43.3 Å². The molecule has 0 aliphatic carbocycles. The van der Waals surface area contributed by atoms with Crippen molar-refractivity contribution in [1.29, 1.82) is 0 Å². The fourth-order valence-corrected chi connectivity index (χ4v) is 4.61. The molecule has 0 unspecified atom stereocenters. The Labute approximate surface area is 180 Å². The number of nitrogens with one attached hydrogen (secondary N) is 1. The minimum absolute atomic E-state index is 0.0287. The first-order chi connectivity index (χ1) is 13.9. The van der Waals surface area contributed by atoms with Gasteiger partial charge in [-0.25, -0.2) is 13.4 Å². The molecule has 3 rings (SSSR count). The van der Waals surface area contributed by atoms with Crippen LogP contribution in [0.2, 0.25) is 0 Å². The molecule has 0 amide bonds. The second-order valence-corrected chi connectivity index (χ2v) is 9.42. The molecule has 29 heavy (non-hydrogen) atoms. The molecule has 1 aromatic heterocycles. The second kappa shape index (κ2) is 9.59. The summed E-state index contributed by atoms with van der Waals surface area (Å²) in [5.41, 5.74) is 1.49. The fraction of sp³-hybridized carbons (Fsp3) is 0.158. The summed E-state index contributed by atoms with van der Waals surface area (Å²) in [5.74, 6) is -0.887. The Bertz CT molecular complexity index is 1070. The lowest BCUT2D eigenvalue weighted by atomic mass is 10.2. The molecule has 0 saturated carbocycles. The van der Waals surface area contributed by atoms with Gasteiger partial charge in [0.1, 0.15) is 17.7 Å². The number of rotatable bonds is 8. The number of aliphatic hydroxyl groups excluding tert-OH is 1. The van der Waals surface area contributed by atoms with Crippen LogP contribution in [0.3, 0.4) is 0 Å². The molecule has 0 aliphatic heterocycles. The number of hydrogen-bond donors (Lipinski definition) is 2. The lowest BCUT2D eigenvalue weighted by Gasteiger charge is -2.15. The molecule has 7 nitrogen and oxygen atoms in total. The van der Waals surface area contributed by atoms with E-state index < -0.39 is 28.6 Å². The average molecular weight is 497 g/mol.